The molecule has 1 aromatic carbocycles. The normalized spacial score (nSPS) is 9.27. The molecular formula is C7H7NOS2. The van der Waals surface area contributed by atoms with Crippen LogP contribution < -0.4 is 4.72 Å². The molecule has 0 atom stereocenters. The lowest BCUT2D eigenvalue weighted by molar-refractivity contribution is 0.0985. The molecule has 0 aliphatic heterocycles. The molecule has 0 radical (unpaired) electrons. The maximum atomic E-state index is 10.9. The smallest absolute Gasteiger partial charge is 0.260 e. The van der Waals surface area contributed by atoms with E-state index in [1.807, 2.05) is 0 Å². The van der Waals surface area contributed by atoms with E-state index in [0.717, 1.165) is 4.90 Å². The van der Waals surface area contributed by atoms with Crippen LogP contribution in [0.5, 0.6) is 0 Å². The van der Waals surface area contributed by atoms with Crippen molar-refractivity contribution in [1.82, 2.24) is 4.72 Å². The second-order valence-electron chi connectivity index (χ2n) is 1.99. The Morgan fingerprint density at radius 3 is 2.73 bits per heavy atom. The van der Waals surface area contributed by atoms with Gasteiger partial charge in [0.1, 0.15) is 0 Å². The lowest BCUT2D eigenvalue weighted by atomic mass is 10.2. The van der Waals surface area contributed by atoms with Crippen LogP contribution in [0, 0.1) is 0 Å². The number of hydrogen-bond donors (Lipinski definition) is 3. The van der Waals surface area contributed by atoms with Crippen molar-refractivity contribution in [2.24, 2.45) is 0 Å². The highest BCUT2D eigenvalue weighted by Gasteiger charge is 2.01. The molecule has 0 bridgehead atoms. The van der Waals surface area contributed by atoms with Crippen LogP contribution in [0.1, 0.15) is 10.4 Å². The lowest BCUT2D eigenvalue weighted by Gasteiger charge is -1.97. The second kappa shape index (κ2) is 3.69. The second-order valence-corrected chi connectivity index (χ2v) is 2.73. The van der Waals surface area contributed by atoms with Gasteiger partial charge in [-0.1, -0.05) is 18.9 Å². The largest absolute Gasteiger partial charge is 0.299 e. The summed E-state index contributed by atoms with van der Waals surface area (Å²) in [7, 11) is 0. The summed E-state index contributed by atoms with van der Waals surface area (Å²) >= 11 is 7.72. The fourth-order valence-electron chi connectivity index (χ4n) is 0.712. The first kappa shape index (κ1) is 8.49. The number of nitrogens with one attached hydrogen (secondary N) is 1. The Labute approximate surface area is 76.0 Å². The van der Waals surface area contributed by atoms with E-state index in [9.17, 15) is 4.79 Å². The van der Waals surface area contributed by atoms with Gasteiger partial charge in [-0.15, -0.1) is 12.6 Å². The Hall–Kier alpha value is -0.610. The molecule has 0 aromatic heterocycles. The van der Waals surface area contributed by atoms with Crippen LogP contribution in [-0.4, -0.2) is 5.91 Å². The zero-order valence-electron chi connectivity index (χ0n) is 5.61. The number of carbonyl (C=O) groups excluding carboxylic acids is 1. The van der Waals surface area contributed by atoms with Crippen molar-refractivity contribution in [3.63, 3.8) is 0 Å². The standard InChI is InChI=1S/C7H7NOS2/c9-7(8-11)5-2-1-3-6(10)4-5/h1-4,10-11H,(H,8,9). The summed E-state index contributed by atoms with van der Waals surface area (Å²) in [5, 5.41) is 0. The van der Waals surface area contributed by atoms with E-state index >= 15 is 0 Å². The maximum Gasteiger partial charge on any atom is 0.260 e. The van der Waals surface area contributed by atoms with Crippen LogP contribution >= 0.6 is 25.4 Å². The summed E-state index contributed by atoms with van der Waals surface area (Å²) in [6, 6.07) is 6.94. The molecule has 1 amide bonds. The third-order valence-corrected chi connectivity index (χ3v) is 1.69. The van der Waals surface area contributed by atoms with Gasteiger partial charge in [-0.25, -0.2) is 0 Å². The van der Waals surface area contributed by atoms with Gasteiger partial charge >= 0.3 is 0 Å². The number of hydrogen-bond acceptors (Lipinski definition) is 3. The molecule has 0 unspecified atom stereocenters. The minimum absolute atomic E-state index is 0.218. The third-order valence-electron chi connectivity index (χ3n) is 1.21. The van der Waals surface area contributed by atoms with Gasteiger partial charge in [0.2, 0.25) is 0 Å². The Morgan fingerprint density at radius 2 is 2.18 bits per heavy atom. The first-order chi connectivity index (χ1) is 5.24. The highest BCUT2D eigenvalue weighted by molar-refractivity contribution is 7.80. The topological polar surface area (TPSA) is 29.1 Å². The van der Waals surface area contributed by atoms with Crippen molar-refractivity contribution in [1.29, 1.82) is 0 Å². The summed E-state index contributed by atoms with van der Waals surface area (Å²) in [5.41, 5.74) is 0.563. The van der Waals surface area contributed by atoms with Crippen LogP contribution in [0.4, 0.5) is 0 Å². The van der Waals surface area contributed by atoms with E-state index in [1.54, 1.807) is 24.3 Å². The van der Waals surface area contributed by atoms with Gasteiger partial charge in [-0.3, -0.25) is 9.52 Å². The predicted molar refractivity (Wildman–Crippen MR) is 50.1 cm³/mol. The molecular weight excluding hydrogens is 178 g/mol. The highest BCUT2D eigenvalue weighted by atomic mass is 32.1. The van der Waals surface area contributed by atoms with Crippen LogP contribution in [0.15, 0.2) is 29.2 Å². The van der Waals surface area contributed by atoms with Gasteiger partial charge in [-0.05, 0) is 18.2 Å². The van der Waals surface area contributed by atoms with E-state index in [4.69, 9.17) is 0 Å². The van der Waals surface area contributed by atoms with E-state index in [1.165, 1.54) is 0 Å². The minimum Gasteiger partial charge on any atom is -0.299 e. The molecule has 0 spiro atoms. The number of carbonyl (C=O) groups is 1. The van der Waals surface area contributed by atoms with Gasteiger partial charge in [0, 0.05) is 10.5 Å². The quantitative estimate of drug-likeness (QED) is 0.569. The zero-order valence-corrected chi connectivity index (χ0v) is 7.40. The molecule has 2 nitrogen and oxygen atoms in total. The van der Waals surface area contributed by atoms with Crippen molar-refractivity contribution in [2.45, 2.75) is 4.90 Å². The fraction of sp³-hybridized carbons (Fsp3) is 0. The average Bonchev–Trinajstić information content (AvgIpc) is 2.03. The summed E-state index contributed by atoms with van der Waals surface area (Å²) in [4.78, 5) is 11.7. The minimum atomic E-state index is -0.218. The van der Waals surface area contributed by atoms with Crippen LogP contribution in [0.25, 0.3) is 0 Å². The van der Waals surface area contributed by atoms with Crippen molar-refractivity contribution in [3.05, 3.63) is 29.8 Å². The Kier molecular flexibility index (Phi) is 2.84. The van der Waals surface area contributed by atoms with Crippen molar-refractivity contribution in [3.8, 4) is 0 Å². The molecule has 0 saturated carbocycles. The summed E-state index contributed by atoms with van der Waals surface area (Å²) in [5.74, 6) is -0.218. The van der Waals surface area contributed by atoms with Gasteiger partial charge in [0.15, 0.2) is 0 Å². The zero-order chi connectivity index (χ0) is 8.27. The van der Waals surface area contributed by atoms with Gasteiger partial charge in [-0.2, -0.15) is 0 Å². The van der Waals surface area contributed by atoms with E-state index < -0.39 is 0 Å². The van der Waals surface area contributed by atoms with Crippen LogP contribution in [-0.2, 0) is 0 Å². The van der Waals surface area contributed by atoms with Gasteiger partial charge < -0.3 is 0 Å². The Morgan fingerprint density at radius 1 is 1.45 bits per heavy atom. The van der Waals surface area contributed by atoms with Crippen molar-refractivity contribution in [2.75, 3.05) is 0 Å². The van der Waals surface area contributed by atoms with Gasteiger partial charge in [0.25, 0.3) is 5.91 Å². The third kappa shape index (κ3) is 2.17. The SMILES string of the molecule is O=C(NS)c1cccc(S)c1. The fourth-order valence-corrected chi connectivity index (χ4v) is 1.07. The predicted octanol–water partition coefficient (Wildman–Crippen LogP) is 1.55. The average molecular weight is 185 g/mol. The molecule has 0 aliphatic rings. The molecule has 0 heterocycles. The van der Waals surface area contributed by atoms with Crippen LogP contribution in [0.3, 0.4) is 0 Å². The molecule has 0 saturated heterocycles. The molecule has 0 fully saturated rings. The number of amides is 1. The number of benzene rings is 1. The van der Waals surface area contributed by atoms with E-state index in [2.05, 4.69) is 30.2 Å². The van der Waals surface area contributed by atoms with E-state index in [-0.39, 0.29) is 5.91 Å². The Bertz CT molecular complexity index is 275. The Balaban J connectivity index is 2.96. The van der Waals surface area contributed by atoms with Crippen LogP contribution in [0.2, 0.25) is 0 Å². The van der Waals surface area contributed by atoms with Crippen molar-refractivity contribution < 1.29 is 4.79 Å². The number of thiol groups is 2. The molecule has 1 aromatic rings. The molecule has 4 heteroatoms. The number of rotatable bonds is 1. The van der Waals surface area contributed by atoms with Gasteiger partial charge in [0.05, 0.1) is 0 Å². The summed E-state index contributed by atoms with van der Waals surface area (Å²) in [6.07, 6.45) is 0. The summed E-state index contributed by atoms with van der Waals surface area (Å²) < 4.78 is 2.23. The first-order valence-electron chi connectivity index (χ1n) is 2.97. The summed E-state index contributed by atoms with van der Waals surface area (Å²) in [6.45, 7) is 0. The first-order valence-corrected chi connectivity index (χ1v) is 3.87. The molecule has 1 N–H and O–H groups in total. The molecule has 1 rings (SSSR count). The van der Waals surface area contributed by atoms with E-state index in [0.29, 0.717) is 5.56 Å². The molecule has 0 aliphatic carbocycles. The molecule has 11 heavy (non-hydrogen) atoms. The van der Waals surface area contributed by atoms with Crippen molar-refractivity contribution >= 4 is 31.4 Å². The maximum absolute atomic E-state index is 10.9. The lowest BCUT2D eigenvalue weighted by Crippen LogP contribution is -2.12. The molecule has 58 valence electrons. The monoisotopic (exact) mass is 185 g/mol. The highest BCUT2D eigenvalue weighted by Crippen LogP contribution is 2.08.